The molecule has 0 aliphatic carbocycles. The molecule has 0 heterocycles. The topological polar surface area (TPSA) is 46.2 Å². The van der Waals surface area contributed by atoms with Gasteiger partial charge in [-0.05, 0) is 32.4 Å². The number of hydrogen-bond donors (Lipinski definition) is 1. The Balaban J connectivity index is 2.51. The van der Waals surface area contributed by atoms with E-state index >= 15 is 0 Å². The summed E-state index contributed by atoms with van der Waals surface area (Å²) < 4.78 is 49.2. The highest BCUT2D eigenvalue weighted by atomic mass is 32.2. The summed E-state index contributed by atoms with van der Waals surface area (Å²) in [5.41, 5.74) is -0.476. The minimum atomic E-state index is -4.42. The van der Waals surface area contributed by atoms with E-state index in [1.165, 1.54) is 12.1 Å². The number of carbonyl (C=O) groups is 1. The fourth-order valence-corrected chi connectivity index (χ4v) is 2.59. The van der Waals surface area contributed by atoms with Crippen molar-refractivity contribution in [2.75, 3.05) is 12.3 Å². The second-order valence-corrected chi connectivity index (χ2v) is 8.21. The molecule has 0 fully saturated rings. The highest BCUT2D eigenvalue weighted by Crippen LogP contribution is 2.29. The SMILES string of the molecule is CC(C)(C)S(=O)CCNC(=O)Cc1cccc(C(F)(F)F)c1. The van der Waals surface area contributed by atoms with Crippen LogP contribution in [-0.4, -0.2) is 27.2 Å². The van der Waals surface area contributed by atoms with Crippen LogP contribution in [0.3, 0.4) is 0 Å². The van der Waals surface area contributed by atoms with Gasteiger partial charge in [0.1, 0.15) is 0 Å². The molecule has 1 unspecified atom stereocenters. The lowest BCUT2D eigenvalue weighted by Gasteiger charge is -2.17. The number of carbonyl (C=O) groups excluding carboxylic acids is 1. The maximum atomic E-state index is 12.6. The number of amides is 1. The summed E-state index contributed by atoms with van der Waals surface area (Å²) in [5.74, 6) is -0.0668. The molecule has 124 valence electrons. The van der Waals surface area contributed by atoms with Crippen molar-refractivity contribution in [1.29, 1.82) is 0 Å². The van der Waals surface area contributed by atoms with Gasteiger partial charge in [-0.3, -0.25) is 9.00 Å². The molecule has 0 saturated heterocycles. The van der Waals surface area contributed by atoms with Gasteiger partial charge in [0.05, 0.1) is 12.0 Å². The van der Waals surface area contributed by atoms with Crippen LogP contribution in [0.25, 0.3) is 0 Å². The van der Waals surface area contributed by atoms with Crippen LogP contribution in [0.4, 0.5) is 13.2 Å². The van der Waals surface area contributed by atoms with Gasteiger partial charge in [0.15, 0.2) is 0 Å². The van der Waals surface area contributed by atoms with Crippen molar-refractivity contribution >= 4 is 16.7 Å². The normalized spacial score (nSPS) is 13.7. The summed E-state index contributed by atoms with van der Waals surface area (Å²) in [6.07, 6.45) is -4.55. The lowest BCUT2D eigenvalue weighted by Crippen LogP contribution is -2.33. The lowest BCUT2D eigenvalue weighted by molar-refractivity contribution is -0.137. The van der Waals surface area contributed by atoms with Crippen LogP contribution in [0.15, 0.2) is 24.3 Å². The van der Waals surface area contributed by atoms with Crippen LogP contribution in [-0.2, 0) is 28.2 Å². The number of nitrogens with one attached hydrogen (secondary N) is 1. The Bertz CT molecular complexity index is 550. The summed E-state index contributed by atoms with van der Waals surface area (Å²) in [4.78, 5) is 11.7. The second kappa shape index (κ2) is 7.26. The number of benzene rings is 1. The van der Waals surface area contributed by atoms with Crippen molar-refractivity contribution in [3.8, 4) is 0 Å². The predicted molar refractivity (Wildman–Crippen MR) is 80.9 cm³/mol. The van der Waals surface area contributed by atoms with Crippen molar-refractivity contribution in [3.63, 3.8) is 0 Å². The summed E-state index contributed by atoms with van der Waals surface area (Å²) >= 11 is 0. The maximum absolute atomic E-state index is 12.6. The van der Waals surface area contributed by atoms with E-state index in [1.54, 1.807) is 0 Å². The van der Waals surface area contributed by atoms with E-state index in [0.717, 1.165) is 12.1 Å². The zero-order valence-corrected chi connectivity index (χ0v) is 13.6. The Hall–Kier alpha value is -1.37. The largest absolute Gasteiger partial charge is 0.416 e. The molecule has 1 atom stereocenters. The molecule has 0 aliphatic rings. The van der Waals surface area contributed by atoms with Crippen LogP contribution >= 0.6 is 0 Å². The van der Waals surface area contributed by atoms with E-state index < -0.39 is 22.5 Å². The van der Waals surface area contributed by atoms with Crippen molar-refractivity contribution in [2.24, 2.45) is 0 Å². The quantitative estimate of drug-likeness (QED) is 0.899. The van der Waals surface area contributed by atoms with Gasteiger partial charge < -0.3 is 5.32 Å². The molecule has 1 rings (SSSR count). The highest BCUT2D eigenvalue weighted by Gasteiger charge is 2.30. The minimum absolute atomic E-state index is 0.133. The predicted octanol–water partition coefficient (Wildman–Crippen LogP) is 2.91. The third kappa shape index (κ3) is 6.17. The molecule has 1 aromatic carbocycles. The van der Waals surface area contributed by atoms with Crippen LogP contribution in [0.5, 0.6) is 0 Å². The van der Waals surface area contributed by atoms with E-state index in [-0.39, 0.29) is 23.6 Å². The minimum Gasteiger partial charge on any atom is -0.355 e. The molecular weight excluding hydrogens is 315 g/mol. The van der Waals surface area contributed by atoms with Gasteiger partial charge in [0.2, 0.25) is 5.91 Å². The summed E-state index contributed by atoms with van der Waals surface area (Å²) in [7, 11) is -1.08. The summed E-state index contributed by atoms with van der Waals surface area (Å²) in [6.45, 7) is 5.76. The molecule has 0 radical (unpaired) electrons. The zero-order chi connectivity index (χ0) is 17.0. The molecule has 1 N–H and O–H groups in total. The van der Waals surface area contributed by atoms with Crippen molar-refractivity contribution in [1.82, 2.24) is 5.32 Å². The average molecular weight is 335 g/mol. The fraction of sp³-hybridized carbons (Fsp3) is 0.533. The van der Waals surface area contributed by atoms with Gasteiger partial charge in [-0.2, -0.15) is 13.2 Å². The molecule has 3 nitrogen and oxygen atoms in total. The first-order valence-corrected chi connectivity index (χ1v) is 8.13. The maximum Gasteiger partial charge on any atom is 0.416 e. The van der Waals surface area contributed by atoms with E-state index in [0.29, 0.717) is 11.3 Å². The summed E-state index contributed by atoms with van der Waals surface area (Å²) in [6, 6.07) is 4.68. The first-order chi connectivity index (χ1) is 10.00. The van der Waals surface area contributed by atoms with Crippen molar-refractivity contribution < 1.29 is 22.2 Å². The third-order valence-corrected chi connectivity index (χ3v) is 4.85. The van der Waals surface area contributed by atoms with E-state index in [1.807, 2.05) is 20.8 Å². The van der Waals surface area contributed by atoms with E-state index in [4.69, 9.17) is 0 Å². The Morgan fingerprint density at radius 3 is 2.41 bits per heavy atom. The molecule has 22 heavy (non-hydrogen) atoms. The number of hydrogen-bond acceptors (Lipinski definition) is 2. The second-order valence-electron chi connectivity index (χ2n) is 5.89. The standard InChI is InChI=1S/C15H20F3NO2S/c1-14(2,3)22(21)8-7-19-13(20)10-11-5-4-6-12(9-11)15(16,17)18/h4-6,9H,7-8,10H2,1-3H3,(H,19,20). The Morgan fingerprint density at radius 2 is 1.86 bits per heavy atom. The van der Waals surface area contributed by atoms with Gasteiger partial charge >= 0.3 is 6.18 Å². The molecule has 0 spiro atoms. The first-order valence-electron chi connectivity index (χ1n) is 6.81. The fourth-order valence-electron chi connectivity index (χ4n) is 1.69. The lowest BCUT2D eigenvalue weighted by atomic mass is 10.1. The van der Waals surface area contributed by atoms with Crippen molar-refractivity contribution in [2.45, 2.75) is 38.1 Å². The monoisotopic (exact) mass is 335 g/mol. The molecule has 0 aromatic heterocycles. The van der Waals surface area contributed by atoms with Gasteiger partial charge in [0, 0.05) is 27.8 Å². The van der Waals surface area contributed by atoms with E-state index in [2.05, 4.69) is 5.32 Å². The van der Waals surface area contributed by atoms with Crippen LogP contribution in [0.2, 0.25) is 0 Å². The summed E-state index contributed by atoms with van der Waals surface area (Å²) in [5, 5.41) is 2.58. The Morgan fingerprint density at radius 1 is 1.23 bits per heavy atom. The molecule has 0 bridgehead atoms. The van der Waals surface area contributed by atoms with Crippen LogP contribution in [0, 0.1) is 0 Å². The van der Waals surface area contributed by atoms with Gasteiger partial charge in [-0.15, -0.1) is 0 Å². The van der Waals surface area contributed by atoms with Crippen LogP contribution < -0.4 is 5.32 Å². The number of rotatable bonds is 5. The number of halogens is 3. The highest BCUT2D eigenvalue weighted by molar-refractivity contribution is 7.86. The Kier molecular flexibility index (Phi) is 6.17. The number of alkyl halides is 3. The first kappa shape index (κ1) is 18.7. The smallest absolute Gasteiger partial charge is 0.355 e. The zero-order valence-electron chi connectivity index (χ0n) is 12.8. The molecular formula is C15H20F3NO2S. The van der Waals surface area contributed by atoms with Gasteiger partial charge in [0.25, 0.3) is 0 Å². The molecule has 1 amide bonds. The van der Waals surface area contributed by atoms with Gasteiger partial charge in [-0.25, -0.2) is 0 Å². The van der Waals surface area contributed by atoms with Crippen molar-refractivity contribution in [3.05, 3.63) is 35.4 Å². The third-order valence-electron chi connectivity index (χ3n) is 2.91. The molecule has 0 saturated carbocycles. The van der Waals surface area contributed by atoms with Crippen LogP contribution in [0.1, 0.15) is 31.9 Å². The van der Waals surface area contributed by atoms with E-state index in [9.17, 15) is 22.2 Å². The Labute approximate surface area is 130 Å². The molecule has 7 heteroatoms. The van der Waals surface area contributed by atoms with Gasteiger partial charge in [-0.1, -0.05) is 18.2 Å². The molecule has 1 aromatic rings. The molecule has 0 aliphatic heterocycles. The average Bonchev–Trinajstić information content (AvgIpc) is 2.36.